The van der Waals surface area contributed by atoms with E-state index in [-0.39, 0.29) is 5.41 Å². The number of Topliss-reactive ketones (excluding diaryl/α,β-unsaturated/α-hetero) is 1. The molecule has 2 saturated heterocycles. The van der Waals surface area contributed by atoms with E-state index in [9.17, 15) is 4.79 Å². The minimum Gasteiger partial charge on any atom is -0.379 e. The van der Waals surface area contributed by atoms with Crippen LogP contribution in [0.3, 0.4) is 0 Å². The number of ether oxygens (including phenoxy) is 1. The molecule has 2 aliphatic heterocycles. The van der Waals surface area contributed by atoms with Gasteiger partial charge in [0.2, 0.25) is 0 Å². The van der Waals surface area contributed by atoms with Crippen molar-refractivity contribution in [3.63, 3.8) is 0 Å². The Morgan fingerprint density at radius 1 is 1.17 bits per heavy atom. The third kappa shape index (κ3) is 4.77. The molecule has 0 spiro atoms. The Morgan fingerprint density at radius 3 is 2.26 bits per heavy atom. The van der Waals surface area contributed by atoms with Crippen molar-refractivity contribution in [2.45, 2.75) is 65.5 Å². The summed E-state index contributed by atoms with van der Waals surface area (Å²) in [6, 6.07) is 0.584. The summed E-state index contributed by atoms with van der Waals surface area (Å²) < 4.78 is 5.39. The first kappa shape index (κ1) is 18.9. The first-order valence-electron chi connectivity index (χ1n) is 9.39. The highest BCUT2D eigenvalue weighted by Gasteiger charge is 2.44. The first-order valence-corrected chi connectivity index (χ1v) is 9.39. The van der Waals surface area contributed by atoms with Crippen molar-refractivity contribution < 1.29 is 9.53 Å². The largest absolute Gasteiger partial charge is 0.379 e. The molecule has 0 aliphatic carbocycles. The van der Waals surface area contributed by atoms with E-state index in [1.54, 1.807) is 7.11 Å². The molecule has 4 heteroatoms. The Morgan fingerprint density at radius 2 is 1.78 bits per heavy atom. The lowest BCUT2D eigenvalue weighted by molar-refractivity contribution is -0.137. The number of likely N-dealkylation sites (tertiary alicyclic amines) is 2. The van der Waals surface area contributed by atoms with E-state index in [4.69, 9.17) is 4.74 Å². The SMILES string of the molecule is COC1CN(CC2(C(=O)CCC(C)C)CCN(C(C)C)CC2)C1. The van der Waals surface area contributed by atoms with Crippen molar-refractivity contribution in [3.8, 4) is 0 Å². The molecule has 0 radical (unpaired) electrons. The van der Waals surface area contributed by atoms with Crippen molar-refractivity contribution in [3.05, 3.63) is 0 Å². The van der Waals surface area contributed by atoms with Crippen molar-refractivity contribution in [1.29, 1.82) is 0 Å². The predicted molar refractivity (Wildman–Crippen MR) is 94.7 cm³/mol. The Balaban J connectivity index is 1.98. The first-order chi connectivity index (χ1) is 10.9. The van der Waals surface area contributed by atoms with Gasteiger partial charge in [-0.15, -0.1) is 0 Å². The molecule has 0 aromatic rings. The van der Waals surface area contributed by atoms with E-state index in [0.29, 0.717) is 23.8 Å². The van der Waals surface area contributed by atoms with Gasteiger partial charge in [0.1, 0.15) is 5.78 Å². The summed E-state index contributed by atoms with van der Waals surface area (Å²) in [7, 11) is 1.78. The van der Waals surface area contributed by atoms with E-state index in [0.717, 1.165) is 58.4 Å². The minimum absolute atomic E-state index is 0.112. The predicted octanol–water partition coefficient (Wildman–Crippen LogP) is 2.81. The number of carbonyl (C=O) groups is 1. The molecule has 0 N–H and O–H groups in total. The summed E-state index contributed by atoms with van der Waals surface area (Å²) in [5.41, 5.74) is -0.112. The number of carbonyl (C=O) groups excluding carboxylic acids is 1. The molecule has 2 aliphatic rings. The molecule has 0 aromatic carbocycles. The van der Waals surface area contributed by atoms with E-state index < -0.39 is 0 Å². The normalized spacial score (nSPS) is 23.4. The molecule has 2 fully saturated rings. The topological polar surface area (TPSA) is 32.8 Å². The van der Waals surface area contributed by atoms with E-state index >= 15 is 0 Å². The van der Waals surface area contributed by atoms with Gasteiger partial charge in [-0.05, 0) is 52.1 Å². The molecule has 2 rings (SSSR count). The number of methoxy groups -OCH3 is 1. The van der Waals surface area contributed by atoms with E-state index in [1.807, 2.05) is 0 Å². The lowest BCUT2D eigenvalue weighted by Gasteiger charge is -2.48. The van der Waals surface area contributed by atoms with Gasteiger partial charge in [-0.1, -0.05) is 13.8 Å². The van der Waals surface area contributed by atoms with Crippen molar-refractivity contribution >= 4 is 5.78 Å². The smallest absolute Gasteiger partial charge is 0.140 e. The zero-order valence-electron chi connectivity index (χ0n) is 15.8. The zero-order valence-corrected chi connectivity index (χ0v) is 15.8. The zero-order chi connectivity index (χ0) is 17.0. The van der Waals surface area contributed by atoms with Gasteiger partial charge in [0.15, 0.2) is 0 Å². The number of nitrogens with zero attached hydrogens (tertiary/aromatic N) is 2. The quantitative estimate of drug-likeness (QED) is 0.687. The minimum atomic E-state index is -0.112. The number of hydrogen-bond acceptors (Lipinski definition) is 4. The highest BCUT2D eigenvalue weighted by molar-refractivity contribution is 5.85. The molecule has 134 valence electrons. The fourth-order valence-corrected chi connectivity index (χ4v) is 3.91. The number of ketones is 1. The summed E-state index contributed by atoms with van der Waals surface area (Å²) in [5, 5.41) is 0. The van der Waals surface area contributed by atoms with Crippen LogP contribution in [0.25, 0.3) is 0 Å². The second-order valence-corrected chi connectivity index (χ2v) is 8.32. The van der Waals surface area contributed by atoms with Gasteiger partial charge in [-0.25, -0.2) is 0 Å². The summed E-state index contributed by atoms with van der Waals surface area (Å²) >= 11 is 0. The molecule has 0 atom stereocenters. The van der Waals surface area contributed by atoms with Gasteiger partial charge in [0.05, 0.1) is 6.10 Å². The van der Waals surface area contributed by atoms with Gasteiger partial charge >= 0.3 is 0 Å². The van der Waals surface area contributed by atoms with E-state index in [1.165, 1.54) is 0 Å². The number of hydrogen-bond donors (Lipinski definition) is 0. The Kier molecular flexibility index (Phi) is 6.64. The third-order valence-electron chi connectivity index (χ3n) is 5.81. The third-order valence-corrected chi connectivity index (χ3v) is 5.81. The van der Waals surface area contributed by atoms with Gasteiger partial charge in [-0.3, -0.25) is 9.69 Å². The molecule has 23 heavy (non-hydrogen) atoms. The summed E-state index contributed by atoms with van der Waals surface area (Å²) in [5.74, 6) is 1.11. The maximum atomic E-state index is 13.1. The monoisotopic (exact) mass is 324 g/mol. The van der Waals surface area contributed by atoms with Crippen LogP contribution in [0.1, 0.15) is 53.4 Å². The molecular weight excluding hydrogens is 288 g/mol. The maximum Gasteiger partial charge on any atom is 0.140 e. The summed E-state index contributed by atoms with van der Waals surface area (Å²) in [6.07, 6.45) is 4.19. The fraction of sp³-hybridized carbons (Fsp3) is 0.947. The highest BCUT2D eigenvalue weighted by Crippen LogP contribution is 2.37. The average molecular weight is 325 g/mol. The second kappa shape index (κ2) is 8.09. The van der Waals surface area contributed by atoms with Gasteiger partial charge in [0.25, 0.3) is 0 Å². The van der Waals surface area contributed by atoms with Crippen LogP contribution in [-0.4, -0.2) is 67.6 Å². The molecular formula is C19H36N2O2. The van der Waals surface area contributed by atoms with Gasteiger partial charge < -0.3 is 9.64 Å². The molecule has 4 nitrogen and oxygen atoms in total. The Labute approximate surface area is 142 Å². The number of rotatable bonds is 8. The lowest BCUT2D eigenvalue weighted by Crippen LogP contribution is -2.59. The fourth-order valence-electron chi connectivity index (χ4n) is 3.91. The van der Waals surface area contributed by atoms with Crippen LogP contribution < -0.4 is 0 Å². The molecule has 0 saturated carbocycles. The van der Waals surface area contributed by atoms with Crippen LogP contribution in [0.15, 0.2) is 0 Å². The molecule has 0 bridgehead atoms. The van der Waals surface area contributed by atoms with Crippen LogP contribution in [0.2, 0.25) is 0 Å². The van der Waals surface area contributed by atoms with Gasteiger partial charge in [-0.2, -0.15) is 0 Å². The standard InChI is InChI=1S/C19H36N2O2/c1-15(2)6-7-18(22)19(14-20-12-17(13-20)23-5)8-10-21(11-9-19)16(3)4/h15-17H,6-14H2,1-5H3. The maximum absolute atomic E-state index is 13.1. The molecule has 0 aromatic heterocycles. The average Bonchev–Trinajstić information content (AvgIpc) is 2.48. The molecule has 0 unspecified atom stereocenters. The van der Waals surface area contributed by atoms with Gasteiger partial charge in [0, 0.05) is 44.6 Å². The molecule has 2 heterocycles. The summed E-state index contributed by atoms with van der Waals surface area (Å²) in [4.78, 5) is 18.0. The van der Waals surface area contributed by atoms with Crippen LogP contribution in [0.4, 0.5) is 0 Å². The molecule has 0 amide bonds. The highest BCUT2D eigenvalue weighted by atomic mass is 16.5. The van der Waals surface area contributed by atoms with E-state index in [2.05, 4.69) is 37.5 Å². The number of piperidine rings is 1. The summed E-state index contributed by atoms with van der Waals surface area (Å²) in [6.45, 7) is 14.0. The van der Waals surface area contributed by atoms with Crippen LogP contribution in [-0.2, 0) is 9.53 Å². The van der Waals surface area contributed by atoms with Crippen molar-refractivity contribution in [2.75, 3.05) is 39.8 Å². The van der Waals surface area contributed by atoms with Crippen LogP contribution in [0.5, 0.6) is 0 Å². The van der Waals surface area contributed by atoms with Crippen molar-refractivity contribution in [1.82, 2.24) is 9.80 Å². The Bertz CT molecular complexity index is 381. The van der Waals surface area contributed by atoms with Crippen molar-refractivity contribution in [2.24, 2.45) is 11.3 Å². The second-order valence-electron chi connectivity index (χ2n) is 8.32. The van der Waals surface area contributed by atoms with Crippen LogP contribution >= 0.6 is 0 Å². The Hall–Kier alpha value is -0.450. The van der Waals surface area contributed by atoms with Crippen LogP contribution in [0, 0.1) is 11.3 Å². The lowest BCUT2D eigenvalue weighted by atomic mass is 9.72.